The highest BCUT2D eigenvalue weighted by molar-refractivity contribution is 5.48. The molecule has 0 aromatic heterocycles. The molecule has 0 amide bonds. The zero-order valence-electron chi connectivity index (χ0n) is 11.7. The maximum atomic E-state index is 3.41. The number of hydrogen-bond acceptors (Lipinski definition) is 2. The summed E-state index contributed by atoms with van der Waals surface area (Å²) >= 11 is 0. The van der Waals surface area contributed by atoms with Crippen LogP contribution in [0.25, 0.3) is 0 Å². The predicted octanol–water partition coefficient (Wildman–Crippen LogP) is 3.07. The number of rotatable bonds is 7. The molecule has 1 N–H and O–H groups in total. The molecule has 2 nitrogen and oxygen atoms in total. The van der Waals surface area contributed by atoms with Gasteiger partial charge in [0.05, 0.1) is 0 Å². The molecule has 0 saturated carbocycles. The fraction of sp³-hybridized carbons (Fsp3) is 0.600. The van der Waals surface area contributed by atoms with Gasteiger partial charge < -0.3 is 10.2 Å². The summed E-state index contributed by atoms with van der Waals surface area (Å²) in [5, 5.41) is 3.41. The highest BCUT2D eigenvalue weighted by Gasteiger charge is 2.09. The standard InChI is InChI=1S/C15H26N2/c1-5-16-11-14(4)12-17(6-2)15-9-7-8-13(3)10-15/h7-10,14,16H,5-6,11-12H2,1-4H3. The van der Waals surface area contributed by atoms with E-state index in [0.29, 0.717) is 5.92 Å². The van der Waals surface area contributed by atoms with Gasteiger partial charge in [0.15, 0.2) is 0 Å². The van der Waals surface area contributed by atoms with Crippen molar-refractivity contribution in [2.45, 2.75) is 27.7 Å². The normalized spacial score (nSPS) is 12.5. The van der Waals surface area contributed by atoms with Gasteiger partial charge in [-0.2, -0.15) is 0 Å². The molecule has 0 heterocycles. The number of nitrogens with zero attached hydrogens (tertiary/aromatic N) is 1. The summed E-state index contributed by atoms with van der Waals surface area (Å²) in [4.78, 5) is 2.45. The molecule has 1 atom stereocenters. The third-order valence-electron chi connectivity index (χ3n) is 3.02. The van der Waals surface area contributed by atoms with Crippen molar-refractivity contribution in [1.82, 2.24) is 5.32 Å². The SMILES string of the molecule is CCNCC(C)CN(CC)c1cccc(C)c1. The van der Waals surface area contributed by atoms with Crippen LogP contribution >= 0.6 is 0 Å². The van der Waals surface area contributed by atoms with Gasteiger partial charge in [-0.25, -0.2) is 0 Å². The fourth-order valence-corrected chi connectivity index (χ4v) is 2.07. The quantitative estimate of drug-likeness (QED) is 0.780. The molecule has 0 saturated heterocycles. The van der Waals surface area contributed by atoms with Gasteiger partial charge >= 0.3 is 0 Å². The molecule has 0 spiro atoms. The van der Waals surface area contributed by atoms with Crippen molar-refractivity contribution >= 4 is 5.69 Å². The van der Waals surface area contributed by atoms with E-state index in [1.54, 1.807) is 0 Å². The molecule has 0 aliphatic heterocycles. The summed E-state index contributed by atoms with van der Waals surface area (Å²) in [6.07, 6.45) is 0. The minimum atomic E-state index is 0.676. The first-order chi connectivity index (χ1) is 8.17. The third-order valence-corrected chi connectivity index (χ3v) is 3.02. The van der Waals surface area contributed by atoms with E-state index in [1.165, 1.54) is 11.3 Å². The van der Waals surface area contributed by atoms with Gasteiger partial charge in [-0.15, -0.1) is 0 Å². The molecule has 1 aromatic rings. The van der Waals surface area contributed by atoms with E-state index >= 15 is 0 Å². The Bertz CT molecular complexity index is 322. The van der Waals surface area contributed by atoms with Crippen molar-refractivity contribution in [3.63, 3.8) is 0 Å². The highest BCUT2D eigenvalue weighted by atomic mass is 15.1. The van der Waals surface area contributed by atoms with Crippen LogP contribution in [0.4, 0.5) is 5.69 Å². The van der Waals surface area contributed by atoms with Crippen LogP contribution in [0.1, 0.15) is 26.3 Å². The maximum Gasteiger partial charge on any atom is 0.0368 e. The zero-order valence-corrected chi connectivity index (χ0v) is 11.7. The van der Waals surface area contributed by atoms with E-state index in [0.717, 1.165) is 26.2 Å². The van der Waals surface area contributed by atoms with Gasteiger partial charge in [0.1, 0.15) is 0 Å². The minimum Gasteiger partial charge on any atom is -0.371 e. The van der Waals surface area contributed by atoms with Gasteiger partial charge in [0, 0.05) is 18.8 Å². The predicted molar refractivity (Wildman–Crippen MR) is 76.8 cm³/mol. The monoisotopic (exact) mass is 234 g/mol. The van der Waals surface area contributed by atoms with Gasteiger partial charge in [-0.1, -0.05) is 26.0 Å². The smallest absolute Gasteiger partial charge is 0.0368 e. The molecule has 1 aromatic carbocycles. The molecular weight excluding hydrogens is 208 g/mol. The summed E-state index contributed by atoms with van der Waals surface area (Å²) in [5.41, 5.74) is 2.68. The Labute approximate surface area is 106 Å². The molecule has 2 heteroatoms. The Hall–Kier alpha value is -1.02. The van der Waals surface area contributed by atoms with Crippen LogP contribution in [-0.2, 0) is 0 Å². The van der Waals surface area contributed by atoms with Crippen LogP contribution in [0.2, 0.25) is 0 Å². The van der Waals surface area contributed by atoms with Gasteiger partial charge in [-0.05, 0) is 50.6 Å². The van der Waals surface area contributed by atoms with Crippen molar-refractivity contribution in [2.24, 2.45) is 5.92 Å². The van der Waals surface area contributed by atoms with Crippen LogP contribution in [0.5, 0.6) is 0 Å². The van der Waals surface area contributed by atoms with Crippen LogP contribution in [0.3, 0.4) is 0 Å². The lowest BCUT2D eigenvalue weighted by Crippen LogP contribution is -2.33. The molecule has 17 heavy (non-hydrogen) atoms. The van der Waals surface area contributed by atoms with Crippen LogP contribution in [-0.4, -0.2) is 26.2 Å². The molecule has 1 unspecified atom stereocenters. The lowest BCUT2D eigenvalue weighted by atomic mass is 10.1. The molecule has 0 bridgehead atoms. The van der Waals surface area contributed by atoms with Crippen molar-refractivity contribution in [1.29, 1.82) is 0 Å². The molecule has 0 radical (unpaired) electrons. The van der Waals surface area contributed by atoms with E-state index in [-0.39, 0.29) is 0 Å². The topological polar surface area (TPSA) is 15.3 Å². The first-order valence-electron chi connectivity index (χ1n) is 6.69. The van der Waals surface area contributed by atoms with Crippen molar-refractivity contribution < 1.29 is 0 Å². The van der Waals surface area contributed by atoms with Crippen molar-refractivity contribution in [3.05, 3.63) is 29.8 Å². The molecule has 1 rings (SSSR count). The Morgan fingerprint density at radius 3 is 2.65 bits per heavy atom. The largest absolute Gasteiger partial charge is 0.371 e. The summed E-state index contributed by atoms with van der Waals surface area (Å²) in [6.45, 7) is 13.2. The van der Waals surface area contributed by atoms with Crippen LogP contribution < -0.4 is 10.2 Å². The number of hydrogen-bond donors (Lipinski definition) is 1. The summed E-state index contributed by atoms with van der Waals surface area (Å²) in [5.74, 6) is 0.676. The first-order valence-corrected chi connectivity index (χ1v) is 6.69. The molecular formula is C15H26N2. The average Bonchev–Trinajstić information content (AvgIpc) is 2.33. The number of anilines is 1. The van der Waals surface area contributed by atoms with Gasteiger partial charge in [0.2, 0.25) is 0 Å². The average molecular weight is 234 g/mol. The molecule has 0 fully saturated rings. The zero-order chi connectivity index (χ0) is 12.7. The van der Waals surface area contributed by atoms with E-state index in [4.69, 9.17) is 0 Å². The second-order valence-corrected chi connectivity index (χ2v) is 4.79. The van der Waals surface area contributed by atoms with Crippen LogP contribution in [0.15, 0.2) is 24.3 Å². The second kappa shape index (κ2) is 7.33. The Kier molecular flexibility index (Phi) is 6.06. The third kappa shape index (κ3) is 4.78. The minimum absolute atomic E-state index is 0.676. The Morgan fingerprint density at radius 1 is 1.29 bits per heavy atom. The maximum absolute atomic E-state index is 3.41. The van der Waals surface area contributed by atoms with Crippen molar-refractivity contribution in [3.8, 4) is 0 Å². The van der Waals surface area contributed by atoms with E-state index < -0.39 is 0 Å². The van der Waals surface area contributed by atoms with Gasteiger partial charge in [0.25, 0.3) is 0 Å². The lowest BCUT2D eigenvalue weighted by molar-refractivity contribution is 0.515. The highest BCUT2D eigenvalue weighted by Crippen LogP contribution is 2.16. The van der Waals surface area contributed by atoms with E-state index in [2.05, 4.69) is 62.2 Å². The molecule has 0 aliphatic carbocycles. The van der Waals surface area contributed by atoms with E-state index in [9.17, 15) is 0 Å². The van der Waals surface area contributed by atoms with E-state index in [1.807, 2.05) is 0 Å². The fourth-order valence-electron chi connectivity index (χ4n) is 2.07. The second-order valence-electron chi connectivity index (χ2n) is 4.79. The number of benzene rings is 1. The lowest BCUT2D eigenvalue weighted by Gasteiger charge is -2.27. The molecule has 0 aliphatic rings. The summed E-state index contributed by atoms with van der Waals surface area (Å²) < 4.78 is 0. The summed E-state index contributed by atoms with van der Waals surface area (Å²) in [7, 11) is 0. The number of aryl methyl sites for hydroxylation is 1. The Balaban J connectivity index is 2.59. The Morgan fingerprint density at radius 2 is 2.06 bits per heavy atom. The van der Waals surface area contributed by atoms with Crippen LogP contribution in [0, 0.1) is 12.8 Å². The number of nitrogens with one attached hydrogen (secondary N) is 1. The van der Waals surface area contributed by atoms with Gasteiger partial charge in [-0.3, -0.25) is 0 Å². The van der Waals surface area contributed by atoms with Crippen molar-refractivity contribution in [2.75, 3.05) is 31.1 Å². The summed E-state index contributed by atoms with van der Waals surface area (Å²) in [6, 6.07) is 8.77. The first kappa shape index (κ1) is 14.0. The molecule has 96 valence electrons.